The van der Waals surface area contributed by atoms with Gasteiger partial charge in [0.15, 0.2) is 23.3 Å². The molecule has 1 fully saturated rings. The summed E-state index contributed by atoms with van der Waals surface area (Å²) in [5, 5.41) is 5.28. The smallest absolute Gasteiger partial charge is 0.257 e. The molecule has 1 aromatic carbocycles. The van der Waals surface area contributed by atoms with Crippen molar-refractivity contribution >= 4 is 5.91 Å². The summed E-state index contributed by atoms with van der Waals surface area (Å²) < 4.78 is 65.4. The van der Waals surface area contributed by atoms with Gasteiger partial charge in [0, 0.05) is 12.6 Å². The van der Waals surface area contributed by atoms with Crippen LogP contribution in [-0.2, 0) is 0 Å². The molecule has 1 amide bonds. The summed E-state index contributed by atoms with van der Waals surface area (Å²) in [6.45, 7) is 0.667. The number of carbonyl (C=O) groups excluding carboxylic acids is 1. The van der Waals surface area contributed by atoms with Crippen molar-refractivity contribution in [1.82, 2.24) is 10.6 Å². The van der Waals surface area contributed by atoms with E-state index in [0.717, 1.165) is 12.8 Å². The van der Waals surface area contributed by atoms with E-state index in [1.165, 1.54) is 0 Å². The van der Waals surface area contributed by atoms with Crippen molar-refractivity contribution in [3.05, 3.63) is 34.6 Å². The van der Waals surface area contributed by atoms with E-state index in [-0.39, 0.29) is 6.54 Å². The van der Waals surface area contributed by atoms with E-state index in [1.54, 1.807) is 0 Å². The largest absolute Gasteiger partial charge is 0.352 e. The van der Waals surface area contributed by atoms with E-state index in [1.807, 2.05) is 0 Å². The standard InChI is InChI=1S/C13H13F5N2O/c14-8-7(9(15)11(17)12(18)10(8)16)13(21)20-5-1-4-19-6-2-3-6/h6,19H,1-5H2,(H,20,21). The molecule has 0 spiro atoms. The maximum atomic E-state index is 13.3. The molecule has 0 heterocycles. The molecule has 0 unspecified atom stereocenters. The quantitative estimate of drug-likeness (QED) is 0.366. The summed E-state index contributed by atoms with van der Waals surface area (Å²) in [5.41, 5.74) is -1.46. The Kier molecular flexibility index (Phi) is 4.76. The zero-order valence-electron chi connectivity index (χ0n) is 10.9. The monoisotopic (exact) mass is 308 g/mol. The molecule has 2 N–H and O–H groups in total. The first-order valence-corrected chi connectivity index (χ1v) is 6.46. The average Bonchev–Trinajstić information content (AvgIpc) is 3.27. The molecule has 1 aliphatic rings. The van der Waals surface area contributed by atoms with Gasteiger partial charge in [-0.05, 0) is 25.8 Å². The highest BCUT2D eigenvalue weighted by Gasteiger charge is 2.29. The fraction of sp³-hybridized carbons (Fsp3) is 0.462. The van der Waals surface area contributed by atoms with Crippen LogP contribution >= 0.6 is 0 Å². The summed E-state index contributed by atoms with van der Waals surface area (Å²) in [6, 6.07) is 0.482. The fourth-order valence-electron chi connectivity index (χ4n) is 1.78. The highest BCUT2D eigenvalue weighted by Crippen LogP contribution is 2.22. The SMILES string of the molecule is O=C(NCCCNC1CC1)c1c(F)c(F)c(F)c(F)c1F. The van der Waals surface area contributed by atoms with Crippen LogP contribution in [0.4, 0.5) is 22.0 Å². The Bertz CT molecular complexity index is 531. The lowest BCUT2D eigenvalue weighted by molar-refractivity contribution is 0.0941. The van der Waals surface area contributed by atoms with Crippen LogP contribution in [0.2, 0.25) is 0 Å². The van der Waals surface area contributed by atoms with E-state index in [9.17, 15) is 26.7 Å². The molecule has 0 bridgehead atoms. The van der Waals surface area contributed by atoms with E-state index in [4.69, 9.17) is 0 Å². The van der Waals surface area contributed by atoms with Gasteiger partial charge < -0.3 is 10.6 Å². The summed E-state index contributed by atoms with van der Waals surface area (Å²) in [7, 11) is 0. The van der Waals surface area contributed by atoms with Gasteiger partial charge in [0.1, 0.15) is 5.56 Å². The Morgan fingerprint density at radius 1 is 0.905 bits per heavy atom. The van der Waals surface area contributed by atoms with Crippen LogP contribution in [0.1, 0.15) is 29.6 Å². The number of carbonyl (C=O) groups is 1. The fourth-order valence-corrected chi connectivity index (χ4v) is 1.78. The molecule has 0 saturated heterocycles. The third-order valence-electron chi connectivity index (χ3n) is 3.09. The highest BCUT2D eigenvalue weighted by atomic mass is 19.2. The van der Waals surface area contributed by atoms with Crippen LogP contribution in [0, 0.1) is 29.1 Å². The van der Waals surface area contributed by atoms with Crippen LogP contribution in [0.25, 0.3) is 0 Å². The van der Waals surface area contributed by atoms with Crippen LogP contribution in [-0.4, -0.2) is 25.0 Å². The molecule has 0 radical (unpaired) electrons. The Morgan fingerprint density at radius 3 is 1.95 bits per heavy atom. The number of benzene rings is 1. The van der Waals surface area contributed by atoms with Gasteiger partial charge in [-0.25, -0.2) is 22.0 Å². The lowest BCUT2D eigenvalue weighted by Gasteiger charge is -2.09. The number of halogens is 5. The molecule has 0 aromatic heterocycles. The van der Waals surface area contributed by atoms with Gasteiger partial charge in [-0.3, -0.25) is 4.79 Å². The Hall–Kier alpha value is -1.70. The van der Waals surface area contributed by atoms with Crippen molar-refractivity contribution in [2.75, 3.05) is 13.1 Å². The van der Waals surface area contributed by atoms with Crippen LogP contribution in [0.15, 0.2) is 0 Å². The normalized spacial score (nSPS) is 14.3. The van der Waals surface area contributed by atoms with Crippen molar-refractivity contribution in [1.29, 1.82) is 0 Å². The lowest BCUT2D eigenvalue weighted by atomic mass is 10.1. The minimum atomic E-state index is -2.28. The summed E-state index contributed by atoms with van der Waals surface area (Å²) in [6.07, 6.45) is 2.67. The van der Waals surface area contributed by atoms with Crippen LogP contribution in [0.3, 0.4) is 0 Å². The first kappa shape index (κ1) is 15.7. The van der Waals surface area contributed by atoms with Crippen molar-refractivity contribution in [2.45, 2.75) is 25.3 Å². The van der Waals surface area contributed by atoms with E-state index < -0.39 is 40.6 Å². The predicted octanol–water partition coefficient (Wildman–Crippen LogP) is 2.25. The van der Waals surface area contributed by atoms with Gasteiger partial charge in [0.25, 0.3) is 5.91 Å². The molecule has 0 aliphatic heterocycles. The second-order valence-corrected chi connectivity index (χ2v) is 4.78. The summed E-state index contributed by atoms with van der Waals surface area (Å²) in [5.74, 6) is -12.1. The topological polar surface area (TPSA) is 41.1 Å². The Morgan fingerprint density at radius 2 is 1.43 bits per heavy atom. The van der Waals surface area contributed by atoms with Gasteiger partial charge in [-0.1, -0.05) is 0 Å². The minimum Gasteiger partial charge on any atom is -0.352 e. The Labute approximate surface area is 117 Å². The van der Waals surface area contributed by atoms with Gasteiger partial charge in [0.2, 0.25) is 5.82 Å². The molecule has 2 rings (SSSR count). The third-order valence-corrected chi connectivity index (χ3v) is 3.09. The Balaban J connectivity index is 1.97. The maximum absolute atomic E-state index is 13.3. The molecule has 116 valence electrons. The van der Waals surface area contributed by atoms with Crippen molar-refractivity contribution in [3.63, 3.8) is 0 Å². The molecule has 1 aromatic rings. The number of hydrogen-bond acceptors (Lipinski definition) is 2. The number of hydrogen-bond donors (Lipinski definition) is 2. The van der Waals surface area contributed by atoms with E-state index in [2.05, 4.69) is 10.6 Å². The highest BCUT2D eigenvalue weighted by molar-refractivity contribution is 5.94. The van der Waals surface area contributed by atoms with Crippen molar-refractivity contribution in [3.8, 4) is 0 Å². The van der Waals surface area contributed by atoms with Crippen molar-refractivity contribution < 1.29 is 26.7 Å². The molecule has 21 heavy (non-hydrogen) atoms. The first-order valence-electron chi connectivity index (χ1n) is 6.46. The number of amides is 1. The van der Waals surface area contributed by atoms with Crippen molar-refractivity contribution in [2.24, 2.45) is 0 Å². The number of nitrogens with one attached hydrogen (secondary N) is 2. The van der Waals surface area contributed by atoms with E-state index >= 15 is 0 Å². The van der Waals surface area contributed by atoms with E-state index in [0.29, 0.717) is 19.0 Å². The zero-order chi connectivity index (χ0) is 15.6. The van der Waals surface area contributed by atoms with Gasteiger partial charge in [-0.2, -0.15) is 0 Å². The minimum absolute atomic E-state index is 0.0675. The molecular formula is C13H13F5N2O. The molecule has 0 atom stereocenters. The third kappa shape index (κ3) is 3.49. The lowest BCUT2D eigenvalue weighted by Crippen LogP contribution is -2.30. The second kappa shape index (κ2) is 6.38. The molecule has 3 nitrogen and oxygen atoms in total. The van der Waals surface area contributed by atoms with Gasteiger partial charge >= 0.3 is 0 Å². The second-order valence-electron chi connectivity index (χ2n) is 4.78. The van der Waals surface area contributed by atoms with Gasteiger partial charge in [-0.15, -0.1) is 0 Å². The van der Waals surface area contributed by atoms with Crippen LogP contribution < -0.4 is 10.6 Å². The predicted molar refractivity (Wildman–Crippen MR) is 64.2 cm³/mol. The molecule has 8 heteroatoms. The molecule has 1 saturated carbocycles. The molecule has 1 aliphatic carbocycles. The number of rotatable bonds is 6. The van der Waals surface area contributed by atoms with Gasteiger partial charge in [0.05, 0.1) is 0 Å². The molecular weight excluding hydrogens is 295 g/mol. The zero-order valence-corrected chi connectivity index (χ0v) is 10.9. The first-order chi connectivity index (χ1) is 9.93. The maximum Gasteiger partial charge on any atom is 0.257 e. The summed E-state index contributed by atoms with van der Waals surface area (Å²) in [4.78, 5) is 11.5. The average molecular weight is 308 g/mol. The summed E-state index contributed by atoms with van der Waals surface area (Å²) >= 11 is 0. The van der Waals surface area contributed by atoms with Crippen LogP contribution in [0.5, 0.6) is 0 Å².